The van der Waals surface area contributed by atoms with Gasteiger partial charge in [0.1, 0.15) is 6.61 Å². The monoisotopic (exact) mass is 682 g/mol. The molecule has 0 radical (unpaired) electrons. The normalized spacial score (nSPS) is 9.00. The molecule has 1 atom stereocenters. The zero-order valence-corrected chi connectivity index (χ0v) is 31.9. The molecule has 0 bridgehead atoms. The summed E-state index contributed by atoms with van der Waals surface area (Å²) in [6.07, 6.45) is 9.76. The summed E-state index contributed by atoms with van der Waals surface area (Å²) in [5.41, 5.74) is 0. The molecule has 0 amide bonds. The Kier molecular flexibility index (Phi) is 40.0. The minimum atomic E-state index is -5.32. The van der Waals surface area contributed by atoms with Crippen molar-refractivity contribution in [3.8, 4) is 82.9 Å². The van der Waals surface area contributed by atoms with Gasteiger partial charge in [-0.25, -0.2) is 4.79 Å². The van der Waals surface area contributed by atoms with Gasteiger partial charge in [-0.2, -0.15) is 13.5 Å². The molecule has 0 aromatic rings. The van der Waals surface area contributed by atoms with Crippen LogP contribution in [0.5, 0.6) is 0 Å². The van der Waals surface area contributed by atoms with E-state index in [-0.39, 0.29) is 97.6 Å². The van der Waals surface area contributed by atoms with Crippen LogP contribution in [0.25, 0.3) is 0 Å². The van der Waals surface area contributed by atoms with Gasteiger partial charge in [0.05, 0.1) is 14.4 Å². The van der Waals surface area contributed by atoms with Crippen LogP contribution in [0.15, 0.2) is 0 Å². The van der Waals surface area contributed by atoms with Crippen LogP contribution in [0, 0.1) is 82.9 Å². The fourth-order valence-corrected chi connectivity index (χ4v) is 3.30. The van der Waals surface area contributed by atoms with Crippen LogP contribution in [0.1, 0.15) is 103 Å². The van der Waals surface area contributed by atoms with Crippen LogP contribution < -0.4 is 68.9 Å². The number of hydrogen-bond donors (Lipinski definition) is 0. The second-order valence-electron chi connectivity index (χ2n) is 8.26. The summed E-state index contributed by atoms with van der Waals surface area (Å²) in [6.45, 7) is 2.50. The van der Waals surface area contributed by atoms with Crippen molar-refractivity contribution >= 4 is 33.3 Å². The van der Waals surface area contributed by atoms with E-state index in [9.17, 15) is 23.9 Å². The van der Waals surface area contributed by atoms with E-state index in [1.807, 2.05) is 0 Å². The van der Waals surface area contributed by atoms with Crippen molar-refractivity contribution in [1.82, 2.24) is 0 Å². The zero-order chi connectivity index (χ0) is 30.4. The Hall–Kier alpha value is -1.68. The zero-order valence-electron chi connectivity index (χ0n) is 26.0. The molecule has 0 spiro atoms. The largest absolute Gasteiger partial charge is 1.00 e. The maximum atomic E-state index is 12.1. The second-order valence-corrected chi connectivity index (χ2v) is 9.41. The van der Waals surface area contributed by atoms with Gasteiger partial charge < -0.3 is 28.3 Å². The van der Waals surface area contributed by atoms with Gasteiger partial charge in [-0.1, -0.05) is 70.6 Å². The van der Waals surface area contributed by atoms with E-state index in [0.717, 1.165) is 19.3 Å². The summed E-state index contributed by atoms with van der Waals surface area (Å²) in [4.78, 5) is 45.5. The van der Waals surface area contributed by atoms with Gasteiger partial charge in [0.15, 0.2) is 6.10 Å². The first-order chi connectivity index (χ1) is 19.8. The summed E-state index contributed by atoms with van der Waals surface area (Å²) >= 11 is 0. The molecule has 0 aliphatic heterocycles. The first-order valence-electron chi connectivity index (χ1n) is 13.2. The fourth-order valence-electron chi connectivity index (χ4n) is 2.95. The smallest absolute Gasteiger partial charge is 0.790 e. The Morgan fingerprint density at radius 2 is 1.14 bits per heavy atom. The van der Waals surface area contributed by atoms with Crippen LogP contribution in [0.2, 0.25) is 0 Å². The minimum absolute atomic E-state index is 0. The number of carbonyl (C=O) groups is 2. The number of ether oxygens (including phenoxy) is 2. The van der Waals surface area contributed by atoms with Gasteiger partial charge in [0.2, 0.25) is 0 Å². The Bertz CT molecular complexity index is 1370. The van der Waals surface area contributed by atoms with Gasteiger partial charge in [0.25, 0.3) is 0 Å². The molecule has 0 unspecified atom stereocenters. The van der Waals surface area contributed by atoms with Crippen LogP contribution in [-0.4, -0.2) is 31.3 Å². The summed E-state index contributed by atoms with van der Waals surface area (Å²) in [7, 11) is -5.32. The number of phosphoric acid groups is 1. The number of phosphoric ester groups is 1. The van der Waals surface area contributed by atoms with Gasteiger partial charge in [-0.05, 0) is 84.4 Å². The predicted octanol–water partition coefficient (Wildman–Crippen LogP) is -0.0398. The Labute approximate surface area is 333 Å². The van der Waals surface area contributed by atoms with Crippen molar-refractivity contribution in [3.05, 3.63) is 0 Å². The molecule has 0 heterocycles. The average Bonchev–Trinajstić information content (AvgIpc) is 2.93. The molecule has 0 saturated carbocycles. The van der Waals surface area contributed by atoms with Gasteiger partial charge in [0, 0.05) is 30.9 Å². The average molecular weight is 683 g/mol. The maximum absolute atomic E-state index is 12.1. The number of unbranched alkanes of at least 4 members (excludes halogenated alkanes) is 9. The molecular weight excluding hydrogens is 621 g/mol. The Balaban J connectivity index is -0.0000000667. The van der Waals surface area contributed by atoms with E-state index in [1.165, 1.54) is 38.5 Å². The van der Waals surface area contributed by atoms with E-state index in [4.69, 9.17) is 9.47 Å². The standard InChI is InChI=1S/C32H35O8P.2Na.H2S.13H2/c1-3-5-7-9-11-13-15-16-17-19-20-22-24-26-31(33)38-28-30(29-39-41(35,36)37)40-32(34)27-25-23-21-18-14-12-10-8-6-4-2;;;;;;;;;;;;;;;;/h30H,4,6,8,10,12,14,18,21,23,25,27-29H2,1-2H3,(H2,35,36,37);;;1H2;13*1H/q;2*+1;;;;;;;;;;;;;;/p-2/t30-;;;;;;;;;;;;;;;;/m0................/s1. The molecular formula is C32H61Na2O8PS. The molecule has 12 heteroatoms. The first-order valence-corrected chi connectivity index (χ1v) is 14.7. The number of esters is 2. The molecule has 0 fully saturated rings. The topological polar surface area (TPSA) is 125 Å². The molecule has 0 aliphatic rings. The minimum Gasteiger partial charge on any atom is -0.790 e. The number of carbonyl (C=O) groups excluding carboxylic acids is 2. The third-order valence-corrected chi connectivity index (χ3v) is 5.29. The van der Waals surface area contributed by atoms with Crippen LogP contribution >= 0.6 is 21.3 Å². The van der Waals surface area contributed by atoms with E-state index in [2.05, 4.69) is 94.3 Å². The van der Waals surface area contributed by atoms with Gasteiger partial charge >= 0.3 is 71.1 Å². The maximum Gasteiger partial charge on any atom is 1.00 e. The molecule has 0 saturated heterocycles. The summed E-state index contributed by atoms with van der Waals surface area (Å²) in [5, 5.41) is 0. The van der Waals surface area contributed by atoms with E-state index in [1.54, 1.807) is 6.92 Å². The Morgan fingerprint density at radius 3 is 1.59 bits per heavy atom. The predicted molar refractivity (Wildman–Crippen MR) is 189 cm³/mol. The third kappa shape index (κ3) is 38.3. The molecule has 44 heavy (non-hydrogen) atoms. The second kappa shape index (κ2) is 35.8. The number of rotatable bonds is 17. The first kappa shape index (κ1) is 49.2. The van der Waals surface area contributed by atoms with Crippen LogP contribution in [0.3, 0.4) is 0 Å². The fraction of sp³-hybridized carbons (Fsp3) is 0.500. The molecule has 0 N–H and O–H groups in total. The summed E-state index contributed by atoms with van der Waals surface area (Å²) in [6, 6.07) is 0. The van der Waals surface area contributed by atoms with Crippen LogP contribution in [0.4, 0.5) is 0 Å². The van der Waals surface area contributed by atoms with Gasteiger partial charge in [-0.15, -0.1) is 0 Å². The third-order valence-electron chi connectivity index (χ3n) is 4.83. The number of hydrogen-bond acceptors (Lipinski definition) is 8. The Morgan fingerprint density at radius 1 is 0.705 bits per heavy atom. The van der Waals surface area contributed by atoms with Gasteiger partial charge in [-0.3, -0.25) is 4.79 Å². The molecule has 0 rings (SSSR count). The molecule has 0 aromatic heterocycles. The van der Waals surface area contributed by atoms with E-state index >= 15 is 0 Å². The summed E-state index contributed by atoms with van der Waals surface area (Å²) < 4.78 is 25.0. The molecule has 0 aromatic carbocycles. The van der Waals surface area contributed by atoms with Crippen molar-refractivity contribution in [3.63, 3.8) is 0 Å². The summed E-state index contributed by atoms with van der Waals surface area (Å²) in [5.74, 6) is 32.0. The van der Waals surface area contributed by atoms with Crippen LogP contribution in [-0.2, 0) is 28.2 Å². The van der Waals surface area contributed by atoms with E-state index in [0.29, 0.717) is 6.42 Å². The quantitative estimate of drug-likeness (QED) is 0.0523. The molecule has 8 nitrogen and oxygen atoms in total. The van der Waals surface area contributed by atoms with Crippen molar-refractivity contribution < 1.29 is 116 Å². The molecule has 0 aliphatic carbocycles. The van der Waals surface area contributed by atoms with Crippen molar-refractivity contribution in [2.75, 3.05) is 13.2 Å². The van der Waals surface area contributed by atoms with Crippen molar-refractivity contribution in [2.24, 2.45) is 0 Å². The molecule has 250 valence electrons. The SMILES string of the molecule is CC#CC#CC#CC#CC#CC#CC#CC(=O)OC[C@@H](COP(=O)([O-])[O-])OC(=O)CCCCCCCCCCCC.S.[HH].[HH].[HH].[HH].[HH].[HH].[HH].[HH].[HH].[HH].[HH].[HH].[HH].[Na+].[Na+]. The van der Waals surface area contributed by atoms with E-state index < -0.39 is 39.1 Å². The van der Waals surface area contributed by atoms with Crippen molar-refractivity contribution in [2.45, 2.75) is 90.6 Å². The van der Waals surface area contributed by atoms with Crippen molar-refractivity contribution in [1.29, 1.82) is 0 Å².